The standard InChI is InChI=1S/C6H10ClFO/c7-4-2-1-3-5(8)6(4)9/h4-6,9H,1-3H2. The van der Waals surface area contributed by atoms with Crippen molar-refractivity contribution in [2.45, 2.75) is 36.9 Å². The van der Waals surface area contributed by atoms with Crippen LogP contribution >= 0.6 is 11.6 Å². The normalized spacial score (nSPS) is 45.0. The van der Waals surface area contributed by atoms with E-state index in [0.29, 0.717) is 6.42 Å². The van der Waals surface area contributed by atoms with Gasteiger partial charge in [0.1, 0.15) is 12.3 Å². The van der Waals surface area contributed by atoms with Crippen molar-refractivity contribution >= 4 is 11.6 Å². The van der Waals surface area contributed by atoms with E-state index >= 15 is 0 Å². The van der Waals surface area contributed by atoms with Crippen LogP contribution in [0.25, 0.3) is 0 Å². The van der Waals surface area contributed by atoms with Crippen molar-refractivity contribution in [3.63, 3.8) is 0 Å². The second kappa shape index (κ2) is 2.84. The van der Waals surface area contributed by atoms with Crippen LogP contribution in [-0.2, 0) is 0 Å². The zero-order valence-electron chi connectivity index (χ0n) is 5.06. The predicted octanol–water partition coefficient (Wildman–Crippen LogP) is 1.48. The topological polar surface area (TPSA) is 20.2 Å². The summed E-state index contributed by atoms with van der Waals surface area (Å²) in [6, 6.07) is 0. The number of aliphatic hydroxyl groups excluding tert-OH is 1. The number of hydrogen-bond donors (Lipinski definition) is 1. The number of aliphatic hydroxyl groups is 1. The van der Waals surface area contributed by atoms with E-state index in [1.54, 1.807) is 0 Å². The lowest BCUT2D eigenvalue weighted by Gasteiger charge is -2.25. The number of rotatable bonds is 0. The number of halogens is 2. The quantitative estimate of drug-likeness (QED) is 0.522. The van der Waals surface area contributed by atoms with Gasteiger partial charge in [-0.3, -0.25) is 0 Å². The lowest BCUT2D eigenvalue weighted by molar-refractivity contribution is 0.0477. The van der Waals surface area contributed by atoms with Crippen LogP contribution in [0.2, 0.25) is 0 Å². The van der Waals surface area contributed by atoms with Crippen LogP contribution in [0.3, 0.4) is 0 Å². The lowest BCUT2D eigenvalue weighted by Crippen LogP contribution is -2.35. The molecule has 1 rings (SSSR count). The van der Waals surface area contributed by atoms with Gasteiger partial charge in [-0.05, 0) is 19.3 Å². The van der Waals surface area contributed by atoms with Gasteiger partial charge in [0.05, 0.1) is 5.38 Å². The van der Waals surface area contributed by atoms with Crippen molar-refractivity contribution in [3.8, 4) is 0 Å². The minimum absolute atomic E-state index is 0.367. The number of hydrogen-bond acceptors (Lipinski definition) is 1. The molecule has 3 unspecified atom stereocenters. The molecule has 0 aromatic carbocycles. The summed E-state index contributed by atoms with van der Waals surface area (Å²) >= 11 is 5.57. The molecular weight excluding hydrogens is 143 g/mol. The van der Waals surface area contributed by atoms with Gasteiger partial charge in [-0.15, -0.1) is 11.6 Å². The summed E-state index contributed by atoms with van der Waals surface area (Å²) in [5.74, 6) is 0. The second-order valence-corrected chi connectivity index (χ2v) is 3.01. The van der Waals surface area contributed by atoms with Crippen LogP contribution in [-0.4, -0.2) is 22.8 Å². The molecule has 0 heterocycles. The summed E-state index contributed by atoms with van der Waals surface area (Å²) in [5.41, 5.74) is 0. The molecule has 9 heavy (non-hydrogen) atoms. The minimum atomic E-state index is -1.10. The van der Waals surface area contributed by atoms with Crippen molar-refractivity contribution in [1.29, 1.82) is 0 Å². The molecule has 1 aliphatic rings. The van der Waals surface area contributed by atoms with Crippen LogP contribution in [0.15, 0.2) is 0 Å². The second-order valence-electron chi connectivity index (χ2n) is 2.45. The molecule has 1 fully saturated rings. The van der Waals surface area contributed by atoms with Gasteiger partial charge in [0.2, 0.25) is 0 Å². The first-order valence-corrected chi connectivity index (χ1v) is 3.61. The van der Waals surface area contributed by atoms with E-state index in [4.69, 9.17) is 16.7 Å². The Morgan fingerprint density at radius 1 is 1.44 bits per heavy atom. The van der Waals surface area contributed by atoms with Crippen LogP contribution in [0, 0.1) is 0 Å². The summed E-state index contributed by atoms with van der Waals surface area (Å²) in [7, 11) is 0. The summed E-state index contributed by atoms with van der Waals surface area (Å²) in [4.78, 5) is 0. The molecule has 1 aliphatic carbocycles. The van der Waals surface area contributed by atoms with E-state index in [2.05, 4.69) is 0 Å². The molecule has 0 aliphatic heterocycles. The summed E-state index contributed by atoms with van der Waals surface area (Å²) in [5, 5.41) is 8.57. The molecule has 0 bridgehead atoms. The largest absolute Gasteiger partial charge is 0.389 e. The Morgan fingerprint density at radius 3 is 2.56 bits per heavy atom. The molecule has 0 amide bonds. The van der Waals surface area contributed by atoms with Gasteiger partial charge in [-0.1, -0.05) is 0 Å². The first-order chi connectivity index (χ1) is 4.22. The zero-order chi connectivity index (χ0) is 6.85. The van der Waals surface area contributed by atoms with Crippen LogP contribution in [0.4, 0.5) is 4.39 Å². The Labute approximate surface area is 58.8 Å². The smallest absolute Gasteiger partial charge is 0.127 e. The van der Waals surface area contributed by atoms with Crippen molar-refractivity contribution in [3.05, 3.63) is 0 Å². The van der Waals surface area contributed by atoms with E-state index in [9.17, 15) is 4.39 Å². The van der Waals surface area contributed by atoms with E-state index in [0.717, 1.165) is 12.8 Å². The highest BCUT2D eigenvalue weighted by molar-refractivity contribution is 6.21. The van der Waals surface area contributed by atoms with Gasteiger partial charge in [-0.25, -0.2) is 4.39 Å². The average Bonchev–Trinajstić information content (AvgIpc) is 1.83. The maximum absolute atomic E-state index is 12.5. The monoisotopic (exact) mass is 152 g/mol. The molecule has 3 heteroatoms. The average molecular weight is 153 g/mol. The van der Waals surface area contributed by atoms with E-state index < -0.39 is 12.3 Å². The van der Waals surface area contributed by atoms with Gasteiger partial charge in [0, 0.05) is 0 Å². The molecule has 54 valence electrons. The lowest BCUT2D eigenvalue weighted by atomic mass is 9.96. The van der Waals surface area contributed by atoms with Crippen molar-refractivity contribution < 1.29 is 9.50 Å². The van der Waals surface area contributed by atoms with E-state index in [-0.39, 0.29) is 5.38 Å². The fraction of sp³-hybridized carbons (Fsp3) is 1.00. The van der Waals surface area contributed by atoms with Crippen LogP contribution in [0.1, 0.15) is 19.3 Å². The summed E-state index contributed by atoms with van der Waals surface area (Å²) in [6.07, 6.45) is -0.0263. The molecule has 0 radical (unpaired) electrons. The van der Waals surface area contributed by atoms with Crippen molar-refractivity contribution in [2.75, 3.05) is 0 Å². The predicted molar refractivity (Wildman–Crippen MR) is 34.4 cm³/mol. The minimum Gasteiger partial charge on any atom is -0.389 e. The maximum atomic E-state index is 12.5. The van der Waals surface area contributed by atoms with Crippen molar-refractivity contribution in [1.82, 2.24) is 0 Å². The first kappa shape index (κ1) is 7.29. The maximum Gasteiger partial charge on any atom is 0.127 e. The van der Waals surface area contributed by atoms with Crippen LogP contribution < -0.4 is 0 Å². The highest BCUT2D eigenvalue weighted by Crippen LogP contribution is 2.25. The molecule has 1 nitrogen and oxygen atoms in total. The Morgan fingerprint density at radius 2 is 2.11 bits per heavy atom. The molecule has 0 saturated heterocycles. The first-order valence-electron chi connectivity index (χ1n) is 3.18. The third kappa shape index (κ3) is 1.55. The molecular formula is C6H10ClFO. The van der Waals surface area contributed by atoms with Gasteiger partial charge >= 0.3 is 0 Å². The van der Waals surface area contributed by atoms with Gasteiger partial charge < -0.3 is 5.11 Å². The Bertz CT molecular complexity index is 89.1. The molecule has 3 atom stereocenters. The Hall–Kier alpha value is 0.180. The Kier molecular flexibility index (Phi) is 2.30. The fourth-order valence-corrected chi connectivity index (χ4v) is 1.39. The van der Waals surface area contributed by atoms with E-state index in [1.807, 2.05) is 0 Å². The highest BCUT2D eigenvalue weighted by atomic mass is 35.5. The summed E-state index contributed by atoms with van der Waals surface area (Å²) < 4.78 is 12.5. The van der Waals surface area contributed by atoms with Crippen molar-refractivity contribution in [2.24, 2.45) is 0 Å². The van der Waals surface area contributed by atoms with Crippen LogP contribution in [0.5, 0.6) is 0 Å². The number of alkyl halides is 2. The highest BCUT2D eigenvalue weighted by Gasteiger charge is 2.29. The van der Waals surface area contributed by atoms with Gasteiger partial charge in [-0.2, -0.15) is 0 Å². The summed E-state index contributed by atoms with van der Waals surface area (Å²) in [6.45, 7) is 0. The third-order valence-electron chi connectivity index (χ3n) is 1.70. The fourth-order valence-electron chi connectivity index (χ4n) is 1.08. The zero-order valence-corrected chi connectivity index (χ0v) is 5.81. The SMILES string of the molecule is OC1C(F)CCCC1Cl. The molecule has 0 aromatic heterocycles. The van der Waals surface area contributed by atoms with Gasteiger partial charge in [0.15, 0.2) is 0 Å². The van der Waals surface area contributed by atoms with Gasteiger partial charge in [0.25, 0.3) is 0 Å². The molecule has 0 aromatic rings. The molecule has 1 saturated carbocycles. The van der Waals surface area contributed by atoms with E-state index in [1.165, 1.54) is 0 Å². The Balaban J connectivity index is 2.41. The third-order valence-corrected chi connectivity index (χ3v) is 2.18. The molecule has 0 spiro atoms. The molecule has 1 N–H and O–H groups in total.